The third kappa shape index (κ3) is 4.25. The number of nitro groups is 1. The zero-order chi connectivity index (χ0) is 25.6. The summed E-state index contributed by atoms with van der Waals surface area (Å²) in [5, 5.41) is 23.9. The molecule has 4 N–H and O–H groups in total. The van der Waals surface area contributed by atoms with Gasteiger partial charge in [0.15, 0.2) is 5.69 Å². The number of carbonyl (C=O) groups is 2. The minimum Gasteiger partial charge on any atom is -0.365 e. The van der Waals surface area contributed by atoms with Crippen molar-refractivity contribution in [3.63, 3.8) is 0 Å². The van der Waals surface area contributed by atoms with Gasteiger partial charge in [0.25, 0.3) is 18.2 Å². The number of halogens is 3. The molecule has 0 radical (unpaired) electrons. The van der Waals surface area contributed by atoms with Crippen molar-refractivity contribution in [2.45, 2.75) is 26.8 Å². The van der Waals surface area contributed by atoms with E-state index < -0.39 is 34.7 Å². The van der Waals surface area contributed by atoms with Gasteiger partial charge in [-0.05, 0) is 46.3 Å². The van der Waals surface area contributed by atoms with Crippen LogP contribution < -0.4 is 11.1 Å². The van der Waals surface area contributed by atoms with E-state index in [0.29, 0.717) is 17.8 Å². The fourth-order valence-corrected chi connectivity index (χ4v) is 4.96. The van der Waals surface area contributed by atoms with E-state index in [1.165, 1.54) is 6.07 Å². The monoisotopic (exact) mass is 568 g/mol. The van der Waals surface area contributed by atoms with Gasteiger partial charge in [-0.3, -0.25) is 14.3 Å². The molecule has 35 heavy (non-hydrogen) atoms. The van der Waals surface area contributed by atoms with Crippen LogP contribution in [0.3, 0.4) is 0 Å². The maximum absolute atomic E-state index is 13.7. The molecule has 0 aliphatic carbocycles. The molecule has 4 aromatic rings. The number of aromatic nitrogens is 5. The second kappa shape index (κ2) is 9.10. The Hall–Kier alpha value is -3.79. The predicted molar refractivity (Wildman–Crippen MR) is 126 cm³/mol. The molecule has 0 atom stereocenters. The normalized spacial score (nSPS) is 11.4. The number of rotatable bonds is 7. The number of thiophene rings is 1. The molecular weight excluding hydrogens is 554 g/mol. The van der Waals surface area contributed by atoms with E-state index in [9.17, 15) is 28.5 Å². The van der Waals surface area contributed by atoms with Crippen molar-refractivity contribution >= 4 is 60.8 Å². The maximum Gasteiger partial charge on any atom is 0.357 e. The second-order valence-corrected chi connectivity index (χ2v) is 8.97. The van der Waals surface area contributed by atoms with Gasteiger partial charge < -0.3 is 21.2 Å². The van der Waals surface area contributed by atoms with Crippen molar-refractivity contribution in [2.75, 3.05) is 5.32 Å². The Morgan fingerprint density at radius 1 is 1.40 bits per heavy atom. The zero-order valence-electron chi connectivity index (χ0n) is 17.9. The SMILES string of the molecule is CCn1cc(-c2cc(C(F)F)nc3sc(C(N)=O)c(NC(=O)c4n[nH]c([N+](=O)[O-])c4Br)c23)c(C)n1. The van der Waals surface area contributed by atoms with E-state index in [2.05, 4.69) is 41.5 Å². The van der Waals surface area contributed by atoms with Gasteiger partial charge in [0.05, 0.1) is 11.4 Å². The van der Waals surface area contributed by atoms with Crippen LogP contribution in [0.4, 0.5) is 20.3 Å². The largest absolute Gasteiger partial charge is 0.365 e. The van der Waals surface area contributed by atoms with E-state index in [1.807, 2.05) is 6.92 Å². The molecule has 12 nitrogen and oxygen atoms in total. The summed E-state index contributed by atoms with van der Waals surface area (Å²) in [5.74, 6) is -2.39. The summed E-state index contributed by atoms with van der Waals surface area (Å²) < 4.78 is 28.7. The molecule has 16 heteroatoms. The van der Waals surface area contributed by atoms with Crippen LogP contribution in [0.5, 0.6) is 0 Å². The highest BCUT2D eigenvalue weighted by Crippen LogP contribution is 2.43. The summed E-state index contributed by atoms with van der Waals surface area (Å²) in [5.41, 5.74) is 5.82. The first-order valence-corrected chi connectivity index (χ1v) is 11.4. The average Bonchev–Trinajstić information content (AvgIpc) is 3.47. The summed E-state index contributed by atoms with van der Waals surface area (Å²) >= 11 is 3.69. The van der Waals surface area contributed by atoms with Gasteiger partial charge in [-0.2, -0.15) is 5.10 Å². The molecule has 0 bridgehead atoms. The predicted octanol–water partition coefficient (Wildman–Crippen LogP) is 4.17. The molecule has 4 heterocycles. The first-order chi connectivity index (χ1) is 16.5. The van der Waals surface area contributed by atoms with E-state index >= 15 is 0 Å². The highest BCUT2D eigenvalue weighted by atomic mass is 79.9. The number of primary amides is 1. The number of alkyl halides is 2. The van der Waals surface area contributed by atoms with Gasteiger partial charge in [-0.1, -0.05) is 5.10 Å². The minimum atomic E-state index is -2.91. The molecule has 0 aromatic carbocycles. The Kier molecular flexibility index (Phi) is 6.33. The van der Waals surface area contributed by atoms with Gasteiger partial charge in [0.2, 0.25) is 0 Å². The Bertz CT molecular complexity index is 1510. The summed E-state index contributed by atoms with van der Waals surface area (Å²) in [6, 6.07) is 1.17. The molecule has 4 rings (SSSR count). The minimum absolute atomic E-state index is 0.0395. The van der Waals surface area contributed by atoms with Gasteiger partial charge in [-0.15, -0.1) is 16.4 Å². The van der Waals surface area contributed by atoms with Crippen LogP contribution in [0.2, 0.25) is 0 Å². The summed E-state index contributed by atoms with van der Waals surface area (Å²) in [6.07, 6.45) is -1.25. The lowest BCUT2D eigenvalue weighted by Crippen LogP contribution is -2.17. The lowest BCUT2D eigenvalue weighted by molar-refractivity contribution is -0.390. The van der Waals surface area contributed by atoms with Gasteiger partial charge in [-0.25, -0.2) is 13.8 Å². The van der Waals surface area contributed by atoms with Crippen molar-refractivity contribution in [3.05, 3.63) is 48.8 Å². The Labute approximate surface area is 206 Å². The highest BCUT2D eigenvalue weighted by molar-refractivity contribution is 9.10. The van der Waals surface area contributed by atoms with E-state index in [1.54, 1.807) is 17.8 Å². The summed E-state index contributed by atoms with van der Waals surface area (Å²) in [4.78, 5) is 39.4. The number of nitrogens with one attached hydrogen (secondary N) is 2. The van der Waals surface area contributed by atoms with Crippen LogP contribution >= 0.6 is 27.3 Å². The number of aryl methyl sites for hydroxylation is 2. The molecule has 0 aliphatic heterocycles. The van der Waals surface area contributed by atoms with Crippen LogP contribution in [-0.2, 0) is 6.54 Å². The number of hydrogen-bond donors (Lipinski definition) is 3. The number of amides is 2. The number of nitrogens with zero attached hydrogens (tertiary/aromatic N) is 5. The van der Waals surface area contributed by atoms with Crippen molar-refractivity contribution in [1.29, 1.82) is 0 Å². The third-order valence-corrected chi connectivity index (χ3v) is 6.86. The number of anilines is 1. The smallest absolute Gasteiger partial charge is 0.357 e. The Morgan fingerprint density at radius 2 is 2.11 bits per heavy atom. The lowest BCUT2D eigenvalue weighted by atomic mass is 10.0. The number of fused-ring (bicyclic) bond motifs is 1. The van der Waals surface area contributed by atoms with Crippen molar-refractivity contribution in [1.82, 2.24) is 25.0 Å². The first-order valence-electron chi connectivity index (χ1n) is 9.82. The van der Waals surface area contributed by atoms with Crippen LogP contribution in [0.15, 0.2) is 16.7 Å². The van der Waals surface area contributed by atoms with Crippen LogP contribution in [0.1, 0.15) is 44.9 Å². The molecule has 0 aliphatic rings. The average molecular weight is 569 g/mol. The van der Waals surface area contributed by atoms with E-state index in [0.717, 1.165) is 11.3 Å². The number of hydrogen-bond acceptors (Lipinski definition) is 8. The fourth-order valence-electron chi connectivity index (χ4n) is 3.44. The third-order valence-electron chi connectivity index (χ3n) is 5.02. The molecule has 2 amide bonds. The molecule has 0 unspecified atom stereocenters. The molecule has 182 valence electrons. The number of nitrogens with two attached hydrogens (primary N) is 1. The van der Waals surface area contributed by atoms with Crippen molar-refractivity contribution < 1.29 is 23.3 Å². The number of H-pyrrole nitrogens is 1. The fraction of sp³-hybridized carbons (Fsp3) is 0.211. The number of carbonyl (C=O) groups excluding carboxylic acids is 2. The molecular formula is C19H15BrF2N8O4S. The molecule has 0 saturated heterocycles. The van der Waals surface area contributed by atoms with Crippen molar-refractivity contribution in [3.8, 4) is 11.1 Å². The van der Waals surface area contributed by atoms with Gasteiger partial charge in [0.1, 0.15) is 19.9 Å². The standard InChI is InChI=1S/C19H15BrF2N8O4S/c1-3-29-5-8(6(2)28-29)7-4-9(15(21)22)24-19-10(7)12(14(35-19)16(23)31)25-18(32)13-11(20)17(27-26-13)30(33)34/h4-5,15H,3H2,1-2H3,(H2,23,31)(H,25,32)(H,26,27). The quantitative estimate of drug-likeness (QED) is 0.221. The van der Waals surface area contributed by atoms with Crippen LogP contribution in [0, 0.1) is 17.0 Å². The molecule has 4 aromatic heterocycles. The van der Waals surface area contributed by atoms with Crippen LogP contribution in [0.25, 0.3) is 21.3 Å². The molecule has 0 fully saturated rings. The highest BCUT2D eigenvalue weighted by Gasteiger charge is 2.29. The topological polar surface area (TPSA) is 175 Å². The van der Waals surface area contributed by atoms with Crippen LogP contribution in [-0.4, -0.2) is 41.7 Å². The van der Waals surface area contributed by atoms with Gasteiger partial charge in [0, 0.05) is 23.7 Å². The first kappa shape index (κ1) is 24.3. The zero-order valence-corrected chi connectivity index (χ0v) is 20.3. The molecule has 0 saturated carbocycles. The lowest BCUT2D eigenvalue weighted by Gasteiger charge is -2.10. The second-order valence-electron chi connectivity index (χ2n) is 7.18. The van der Waals surface area contributed by atoms with Crippen molar-refractivity contribution in [2.24, 2.45) is 5.73 Å². The molecule has 0 spiro atoms. The Balaban J connectivity index is 1.96. The van der Waals surface area contributed by atoms with Gasteiger partial charge >= 0.3 is 5.82 Å². The number of aromatic amines is 1. The maximum atomic E-state index is 13.7. The Morgan fingerprint density at radius 3 is 2.66 bits per heavy atom. The summed E-state index contributed by atoms with van der Waals surface area (Å²) in [6.45, 7) is 4.06. The van der Waals surface area contributed by atoms with E-state index in [4.69, 9.17) is 5.73 Å². The summed E-state index contributed by atoms with van der Waals surface area (Å²) in [7, 11) is 0. The van der Waals surface area contributed by atoms with E-state index in [-0.39, 0.29) is 36.5 Å². The number of pyridine rings is 1.